The van der Waals surface area contributed by atoms with Crippen LogP contribution in [0.15, 0.2) is 15.6 Å². The zero-order valence-corrected chi connectivity index (χ0v) is 17.7. The third-order valence-electron chi connectivity index (χ3n) is 5.19. The summed E-state index contributed by atoms with van der Waals surface area (Å²) in [6, 6.07) is 2.21. The van der Waals surface area contributed by atoms with Crippen LogP contribution in [-0.2, 0) is 16.6 Å². The molecule has 9 heteroatoms. The van der Waals surface area contributed by atoms with Crippen molar-refractivity contribution in [2.75, 3.05) is 25.9 Å². The van der Waals surface area contributed by atoms with Gasteiger partial charge in [0.2, 0.25) is 10.0 Å². The van der Waals surface area contributed by atoms with Gasteiger partial charge in [0.05, 0.1) is 18.0 Å². The van der Waals surface area contributed by atoms with Crippen molar-refractivity contribution >= 4 is 16.0 Å². The fraction of sp³-hybridized carbons (Fsp3) is 0.778. The van der Waals surface area contributed by atoms with Crippen molar-refractivity contribution in [3.05, 3.63) is 17.5 Å². The first-order valence-corrected chi connectivity index (χ1v) is 11.4. The number of piperidine rings is 1. The number of nitrogens with one attached hydrogen (secondary N) is 2. The van der Waals surface area contributed by atoms with Crippen LogP contribution in [0.1, 0.15) is 63.8 Å². The molecule has 0 atom stereocenters. The van der Waals surface area contributed by atoms with E-state index in [1.165, 1.54) is 0 Å². The SMILES string of the molecule is CCC(CC)c1cc(CNC(=NC)NC2CCN(S(=O)(=O)CC)CC2)on1. The molecule has 0 amide bonds. The molecule has 1 aromatic rings. The van der Waals surface area contributed by atoms with Gasteiger partial charge in [0.25, 0.3) is 0 Å². The molecule has 0 spiro atoms. The number of hydrogen-bond donors (Lipinski definition) is 2. The van der Waals surface area contributed by atoms with E-state index in [0.29, 0.717) is 31.5 Å². The van der Waals surface area contributed by atoms with Crippen molar-refractivity contribution in [2.45, 2.75) is 65.0 Å². The Kier molecular flexibility index (Phi) is 8.09. The summed E-state index contributed by atoms with van der Waals surface area (Å²) in [5.74, 6) is 2.06. The predicted molar refractivity (Wildman–Crippen MR) is 107 cm³/mol. The van der Waals surface area contributed by atoms with E-state index in [2.05, 4.69) is 34.6 Å². The van der Waals surface area contributed by atoms with Crippen molar-refractivity contribution in [1.29, 1.82) is 0 Å². The monoisotopic (exact) mass is 399 g/mol. The van der Waals surface area contributed by atoms with E-state index in [4.69, 9.17) is 4.52 Å². The van der Waals surface area contributed by atoms with E-state index in [0.717, 1.165) is 37.1 Å². The molecule has 2 rings (SSSR count). The van der Waals surface area contributed by atoms with Gasteiger partial charge in [-0.3, -0.25) is 4.99 Å². The Morgan fingerprint density at radius 3 is 2.56 bits per heavy atom. The zero-order chi connectivity index (χ0) is 19.9. The maximum atomic E-state index is 11.9. The second kappa shape index (κ2) is 10.1. The molecule has 2 heterocycles. The fourth-order valence-electron chi connectivity index (χ4n) is 3.33. The van der Waals surface area contributed by atoms with Crippen LogP contribution in [0, 0.1) is 0 Å². The Hall–Kier alpha value is -1.61. The lowest BCUT2D eigenvalue weighted by atomic mass is 9.99. The van der Waals surface area contributed by atoms with E-state index in [9.17, 15) is 8.42 Å². The van der Waals surface area contributed by atoms with Crippen LogP contribution in [0.3, 0.4) is 0 Å². The molecule has 1 aromatic heterocycles. The highest BCUT2D eigenvalue weighted by Gasteiger charge is 2.27. The zero-order valence-electron chi connectivity index (χ0n) is 16.9. The van der Waals surface area contributed by atoms with Gasteiger partial charge in [0.15, 0.2) is 11.7 Å². The topological polar surface area (TPSA) is 99.8 Å². The third-order valence-corrected chi connectivity index (χ3v) is 7.07. The summed E-state index contributed by atoms with van der Waals surface area (Å²) in [5, 5.41) is 10.8. The summed E-state index contributed by atoms with van der Waals surface area (Å²) in [6.45, 7) is 7.60. The Morgan fingerprint density at radius 2 is 2.00 bits per heavy atom. The molecule has 27 heavy (non-hydrogen) atoms. The molecule has 8 nitrogen and oxygen atoms in total. The molecule has 0 saturated carbocycles. The van der Waals surface area contributed by atoms with Gasteiger partial charge in [-0.25, -0.2) is 12.7 Å². The lowest BCUT2D eigenvalue weighted by molar-refractivity contribution is 0.306. The first-order valence-electron chi connectivity index (χ1n) is 9.83. The summed E-state index contributed by atoms with van der Waals surface area (Å²) >= 11 is 0. The van der Waals surface area contributed by atoms with Crippen molar-refractivity contribution in [3.8, 4) is 0 Å². The van der Waals surface area contributed by atoms with Gasteiger partial charge in [0, 0.05) is 38.2 Å². The van der Waals surface area contributed by atoms with E-state index >= 15 is 0 Å². The lowest BCUT2D eigenvalue weighted by Gasteiger charge is -2.32. The second-order valence-electron chi connectivity index (χ2n) is 6.88. The van der Waals surface area contributed by atoms with Crippen LogP contribution >= 0.6 is 0 Å². The molecule has 0 aromatic carbocycles. The van der Waals surface area contributed by atoms with Crippen molar-refractivity contribution in [2.24, 2.45) is 4.99 Å². The summed E-state index contributed by atoms with van der Waals surface area (Å²) in [6.07, 6.45) is 3.62. The normalized spacial score (nSPS) is 17.4. The molecule has 0 radical (unpaired) electrons. The molecule has 2 N–H and O–H groups in total. The van der Waals surface area contributed by atoms with Crippen molar-refractivity contribution in [1.82, 2.24) is 20.1 Å². The van der Waals surface area contributed by atoms with Gasteiger partial charge in [-0.05, 0) is 32.6 Å². The minimum atomic E-state index is -3.09. The van der Waals surface area contributed by atoms with E-state index in [-0.39, 0.29) is 11.8 Å². The first-order chi connectivity index (χ1) is 12.9. The number of aliphatic imine (C=N–C) groups is 1. The molecule has 154 valence electrons. The van der Waals surface area contributed by atoms with Gasteiger partial charge < -0.3 is 15.2 Å². The van der Waals surface area contributed by atoms with Crippen LogP contribution in [0.5, 0.6) is 0 Å². The van der Waals surface area contributed by atoms with Crippen LogP contribution in [0.2, 0.25) is 0 Å². The molecule has 0 unspecified atom stereocenters. The van der Waals surface area contributed by atoms with Crippen LogP contribution < -0.4 is 10.6 Å². The summed E-state index contributed by atoms with van der Waals surface area (Å²) in [5.41, 5.74) is 1.00. The van der Waals surface area contributed by atoms with Crippen molar-refractivity contribution in [3.63, 3.8) is 0 Å². The number of guanidine groups is 1. The fourth-order valence-corrected chi connectivity index (χ4v) is 4.46. The highest BCUT2D eigenvalue weighted by Crippen LogP contribution is 2.22. The first kappa shape index (κ1) is 21.7. The lowest BCUT2D eigenvalue weighted by Crippen LogP contribution is -2.49. The average Bonchev–Trinajstić information content (AvgIpc) is 3.15. The summed E-state index contributed by atoms with van der Waals surface area (Å²) in [7, 11) is -1.37. The summed E-state index contributed by atoms with van der Waals surface area (Å²) < 4.78 is 30.9. The summed E-state index contributed by atoms with van der Waals surface area (Å²) in [4.78, 5) is 4.26. The number of rotatable bonds is 8. The maximum absolute atomic E-state index is 11.9. The Balaban J connectivity index is 1.82. The maximum Gasteiger partial charge on any atom is 0.213 e. The average molecular weight is 400 g/mol. The highest BCUT2D eigenvalue weighted by molar-refractivity contribution is 7.89. The molecule has 1 saturated heterocycles. The van der Waals surface area contributed by atoms with E-state index < -0.39 is 10.0 Å². The second-order valence-corrected chi connectivity index (χ2v) is 9.13. The highest BCUT2D eigenvalue weighted by atomic mass is 32.2. The molecule has 0 aliphatic carbocycles. The predicted octanol–water partition coefficient (Wildman–Crippen LogP) is 2.06. The number of hydrogen-bond acceptors (Lipinski definition) is 5. The number of sulfonamides is 1. The van der Waals surface area contributed by atoms with Crippen LogP contribution in [0.25, 0.3) is 0 Å². The van der Waals surface area contributed by atoms with E-state index in [1.807, 2.05) is 6.07 Å². The smallest absolute Gasteiger partial charge is 0.213 e. The number of aromatic nitrogens is 1. The molecular formula is C18H33N5O3S. The Morgan fingerprint density at radius 1 is 1.33 bits per heavy atom. The van der Waals surface area contributed by atoms with E-state index in [1.54, 1.807) is 18.3 Å². The number of nitrogens with zero attached hydrogens (tertiary/aromatic N) is 3. The van der Waals surface area contributed by atoms with Gasteiger partial charge in [-0.1, -0.05) is 19.0 Å². The molecule has 1 aliphatic heterocycles. The molecule has 1 fully saturated rings. The largest absolute Gasteiger partial charge is 0.359 e. The van der Waals surface area contributed by atoms with Gasteiger partial charge in [0.1, 0.15) is 0 Å². The Labute approximate surface area is 162 Å². The molecule has 0 bridgehead atoms. The third kappa shape index (κ3) is 5.93. The van der Waals surface area contributed by atoms with Crippen molar-refractivity contribution < 1.29 is 12.9 Å². The van der Waals surface area contributed by atoms with Crippen LogP contribution in [0.4, 0.5) is 0 Å². The molecule has 1 aliphatic rings. The minimum absolute atomic E-state index is 0.157. The molecular weight excluding hydrogens is 366 g/mol. The van der Waals surface area contributed by atoms with Gasteiger partial charge in [-0.15, -0.1) is 0 Å². The Bertz CT molecular complexity index is 704. The standard InChI is InChI=1S/C18H33N5O3S/c1-5-14(6-2)17-12-16(26-22-17)13-20-18(19-4)21-15-8-10-23(11-9-15)27(24,25)7-3/h12,14-15H,5-11,13H2,1-4H3,(H2,19,20,21). The van der Waals surface area contributed by atoms with Gasteiger partial charge >= 0.3 is 0 Å². The van der Waals surface area contributed by atoms with Crippen LogP contribution in [-0.4, -0.2) is 55.8 Å². The van der Waals surface area contributed by atoms with Gasteiger partial charge in [-0.2, -0.15) is 0 Å². The minimum Gasteiger partial charge on any atom is -0.359 e. The quantitative estimate of drug-likeness (QED) is 0.513.